The molecule has 1 saturated carbocycles. The third kappa shape index (κ3) is 3.61. The number of amides is 3. The number of anilines is 2. The quantitative estimate of drug-likeness (QED) is 0.794. The molecule has 0 spiro atoms. The summed E-state index contributed by atoms with van der Waals surface area (Å²) in [7, 11) is 3.52. The molecule has 0 radical (unpaired) electrons. The number of ether oxygens (including phenoxy) is 1. The van der Waals surface area contributed by atoms with E-state index >= 15 is 0 Å². The van der Waals surface area contributed by atoms with Crippen LogP contribution in [0.3, 0.4) is 0 Å². The molecule has 4 atom stereocenters. The zero-order chi connectivity index (χ0) is 20.9. The summed E-state index contributed by atoms with van der Waals surface area (Å²) < 4.78 is 20.0. The van der Waals surface area contributed by atoms with Crippen LogP contribution >= 0.6 is 0 Å². The largest absolute Gasteiger partial charge is 0.442 e. The SMILES string of the molecule is CC(=O)NCC1CN(c2ccc(N3C[C@@H]4C(C(=O)N(C)C)[C@@H]4C3)c(F)c2)C(=O)O1. The van der Waals surface area contributed by atoms with Gasteiger partial charge >= 0.3 is 6.09 Å². The van der Waals surface area contributed by atoms with Gasteiger partial charge in [-0.25, -0.2) is 9.18 Å². The fraction of sp³-hybridized carbons (Fsp3) is 0.550. The van der Waals surface area contributed by atoms with Crippen LogP contribution in [0.5, 0.6) is 0 Å². The van der Waals surface area contributed by atoms with Crippen molar-refractivity contribution in [3.05, 3.63) is 24.0 Å². The average Bonchev–Trinajstić information content (AvgIpc) is 2.99. The summed E-state index contributed by atoms with van der Waals surface area (Å²) in [5, 5.41) is 2.61. The summed E-state index contributed by atoms with van der Waals surface area (Å²) in [6.07, 6.45) is -1.02. The van der Waals surface area contributed by atoms with Crippen LogP contribution in [0.2, 0.25) is 0 Å². The summed E-state index contributed by atoms with van der Waals surface area (Å²) in [5.41, 5.74) is 0.908. The highest BCUT2D eigenvalue weighted by Crippen LogP contribution is 2.53. The maximum Gasteiger partial charge on any atom is 0.414 e. The molecule has 3 amide bonds. The van der Waals surface area contributed by atoms with Crippen molar-refractivity contribution in [2.24, 2.45) is 17.8 Å². The van der Waals surface area contributed by atoms with Gasteiger partial charge in [0.05, 0.1) is 24.5 Å². The first-order valence-corrected chi connectivity index (χ1v) is 9.74. The van der Waals surface area contributed by atoms with E-state index in [0.29, 0.717) is 24.5 Å². The molecule has 9 heteroatoms. The minimum atomic E-state index is -0.556. The molecule has 3 fully saturated rings. The molecule has 156 valence electrons. The Hall–Kier alpha value is -2.84. The summed E-state index contributed by atoms with van der Waals surface area (Å²) >= 11 is 0. The fourth-order valence-electron chi connectivity index (χ4n) is 4.40. The molecule has 1 aromatic carbocycles. The lowest BCUT2D eigenvalue weighted by Crippen LogP contribution is -2.33. The van der Waals surface area contributed by atoms with Crippen LogP contribution in [0.4, 0.5) is 20.6 Å². The molecule has 1 aliphatic carbocycles. The van der Waals surface area contributed by atoms with Gasteiger partial charge in [-0.3, -0.25) is 14.5 Å². The Morgan fingerprint density at radius 3 is 2.52 bits per heavy atom. The first-order chi connectivity index (χ1) is 13.8. The third-order valence-corrected chi connectivity index (χ3v) is 5.96. The number of carbonyl (C=O) groups is 3. The number of nitrogens with one attached hydrogen (secondary N) is 1. The summed E-state index contributed by atoms with van der Waals surface area (Å²) in [5.74, 6) is 0.171. The van der Waals surface area contributed by atoms with Gasteiger partial charge in [0.1, 0.15) is 11.9 Å². The Balaban J connectivity index is 1.39. The lowest BCUT2D eigenvalue weighted by atomic mass is 10.2. The van der Waals surface area contributed by atoms with Crippen molar-refractivity contribution in [1.29, 1.82) is 0 Å². The molecule has 1 N–H and O–H groups in total. The smallest absolute Gasteiger partial charge is 0.414 e. The van der Waals surface area contributed by atoms with Gasteiger partial charge in [-0.1, -0.05) is 0 Å². The van der Waals surface area contributed by atoms with Crippen molar-refractivity contribution in [2.45, 2.75) is 13.0 Å². The number of nitrogens with zero attached hydrogens (tertiary/aromatic N) is 3. The summed E-state index contributed by atoms with van der Waals surface area (Å²) in [6, 6.07) is 4.71. The van der Waals surface area contributed by atoms with Gasteiger partial charge in [0.15, 0.2) is 0 Å². The van der Waals surface area contributed by atoms with Gasteiger partial charge in [-0.15, -0.1) is 0 Å². The van der Waals surface area contributed by atoms with Gasteiger partial charge in [0.25, 0.3) is 0 Å². The van der Waals surface area contributed by atoms with Crippen LogP contribution in [-0.2, 0) is 14.3 Å². The standard InChI is InChI=1S/C20H25FN4O4/c1-11(26)22-7-13-8-25(20(28)29-13)12-4-5-17(16(21)6-12)24-9-14-15(10-24)18(14)19(27)23(2)3/h4-6,13-15,18H,7-10H2,1-3H3,(H,22,26)/t13?,14-,15+,18?. The number of rotatable bonds is 5. The number of cyclic esters (lactones) is 1. The molecule has 2 unspecified atom stereocenters. The molecule has 4 rings (SSSR count). The van der Waals surface area contributed by atoms with Gasteiger partial charge in [0.2, 0.25) is 11.8 Å². The van der Waals surface area contributed by atoms with Crippen molar-refractivity contribution in [2.75, 3.05) is 50.1 Å². The number of carbonyl (C=O) groups excluding carboxylic acids is 3. The second-order valence-electron chi connectivity index (χ2n) is 8.18. The molecule has 3 aliphatic rings. The van der Waals surface area contributed by atoms with Crippen molar-refractivity contribution in [3.63, 3.8) is 0 Å². The van der Waals surface area contributed by atoms with Crippen molar-refractivity contribution in [1.82, 2.24) is 10.2 Å². The van der Waals surface area contributed by atoms with E-state index < -0.39 is 18.0 Å². The lowest BCUT2D eigenvalue weighted by molar-refractivity contribution is -0.130. The third-order valence-electron chi connectivity index (χ3n) is 5.96. The topological polar surface area (TPSA) is 82.2 Å². The molecular weight excluding hydrogens is 379 g/mol. The molecule has 2 aliphatic heterocycles. The zero-order valence-corrected chi connectivity index (χ0v) is 16.7. The highest BCUT2D eigenvalue weighted by Gasteiger charge is 2.60. The van der Waals surface area contributed by atoms with Crippen molar-refractivity contribution >= 4 is 29.3 Å². The Kier molecular flexibility index (Phi) is 4.84. The highest BCUT2D eigenvalue weighted by molar-refractivity contribution is 5.90. The van der Waals surface area contributed by atoms with Crippen molar-refractivity contribution in [3.8, 4) is 0 Å². The zero-order valence-electron chi connectivity index (χ0n) is 16.7. The number of hydrogen-bond acceptors (Lipinski definition) is 5. The van der Waals surface area contributed by atoms with E-state index in [4.69, 9.17) is 4.74 Å². The maximum atomic E-state index is 14.8. The molecule has 29 heavy (non-hydrogen) atoms. The van der Waals surface area contributed by atoms with Gasteiger partial charge < -0.3 is 19.9 Å². The van der Waals surface area contributed by atoms with E-state index in [1.165, 1.54) is 17.9 Å². The minimum Gasteiger partial charge on any atom is -0.442 e. The molecule has 0 bridgehead atoms. The first-order valence-electron chi connectivity index (χ1n) is 9.74. The van der Waals surface area contributed by atoms with Crippen LogP contribution in [-0.4, -0.2) is 69.2 Å². The fourth-order valence-corrected chi connectivity index (χ4v) is 4.40. The van der Waals surface area contributed by atoms with Crippen LogP contribution in [0.25, 0.3) is 0 Å². The number of fused-ring (bicyclic) bond motifs is 1. The number of piperidine rings is 1. The lowest BCUT2D eigenvalue weighted by Gasteiger charge is -2.24. The Morgan fingerprint density at radius 1 is 1.24 bits per heavy atom. The molecule has 0 aromatic heterocycles. The molecule has 2 heterocycles. The second-order valence-corrected chi connectivity index (χ2v) is 8.18. The van der Waals surface area contributed by atoms with Crippen LogP contribution in [0.15, 0.2) is 18.2 Å². The average molecular weight is 404 g/mol. The summed E-state index contributed by atoms with van der Waals surface area (Å²) in [4.78, 5) is 40.2. The Labute approximate surface area is 168 Å². The second kappa shape index (κ2) is 7.20. The van der Waals surface area contributed by atoms with Gasteiger partial charge in [0, 0.05) is 40.0 Å². The van der Waals surface area contributed by atoms with Gasteiger partial charge in [-0.05, 0) is 30.0 Å². The minimum absolute atomic E-state index is 0.0588. The monoisotopic (exact) mass is 404 g/mol. The normalized spacial score (nSPS) is 27.5. The molecule has 1 aromatic rings. The summed E-state index contributed by atoms with van der Waals surface area (Å²) in [6.45, 7) is 3.19. The van der Waals surface area contributed by atoms with E-state index in [2.05, 4.69) is 5.32 Å². The number of halogens is 1. The first kappa shape index (κ1) is 19.5. The Bertz CT molecular complexity index is 849. The van der Waals surface area contributed by atoms with Crippen molar-refractivity contribution < 1.29 is 23.5 Å². The molecule has 8 nitrogen and oxygen atoms in total. The predicted molar refractivity (Wildman–Crippen MR) is 104 cm³/mol. The van der Waals surface area contributed by atoms with Crippen LogP contribution in [0.1, 0.15) is 6.92 Å². The Morgan fingerprint density at radius 2 is 1.93 bits per heavy atom. The van der Waals surface area contributed by atoms with E-state index in [1.807, 2.05) is 4.90 Å². The van der Waals surface area contributed by atoms with Crippen LogP contribution in [0, 0.1) is 23.6 Å². The van der Waals surface area contributed by atoms with Gasteiger partial charge in [-0.2, -0.15) is 0 Å². The molecule has 2 saturated heterocycles. The van der Waals surface area contributed by atoms with E-state index in [1.54, 1.807) is 31.1 Å². The number of benzene rings is 1. The predicted octanol–water partition coefficient (Wildman–Crippen LogP) is 1.06. The van der Waals surface area contributed by atoms with E-state index in [-0.39, 0.29) is 42.7 Å². The van der Waals surface area contributed by atoms with E-state index in [9.17, 15) is 18.8 Å². The molecular formula is C20H25FN4O4. The maximum absolute atomic E-state index is 14.8. The highest BCUT2D eigenvalue weighted by atomic mass is 19.1. The number of hydrogen-bond donors (Lipinski definition) is 1. The van der Waals surface area contributed by atoms with Crippen LogP contribution < -0.4 is 15.1 Å². The van der Waals surface area contributed by atoms with E-state index in [0.717, 1.165) is 0 Å².